The number of halogens is 1. The molecule has 1 aliphatic rings. The molecule has 6 nitrogen and oxygen atoms in total. The standard InChI is InChI=1S/C18H19ClN2O4/c1-23-16-4-3-13(10-15(16)19)21-18(22)12-2-5-17(20-11-12)25-14-6-8-24-9-7-14/h2-5,10-11,14H,6-9H2,1H3,(H,21,22). The maximum absolute atomic E-state index is 12.3. The van der Waals surface area contributed by atoms with Gasteiger partial charge in [0.2, 0.25) is 5.88 Å². The number of rotatable bonds is 5. The van der Waals surface area contributed by atoms with Crippen LogP contribution in [0.1, 0.15) is 23.2 Å². The van der Waals surface area contributed by atoms with Crippen LogP contribution in [0.3, 0.4) is 0 Å². The lowest BCUT2D eigenvalue weighted by atomic mass is 10.1. The van der Waals surface area contributed by atoms with Gasteiger partial charge in [-0.05, 0) is 24.3 Å². The Kier molecular flexibility index (Phi) is 5.73. The highest BCUT2D eigenvalue weighted by Gasteiger charge is 2.16. The summed E-state index contributed by atoms with van der Waals surface area (Å²) in [5.41, 5.74) is 1.02. The molecule has 0 spiro atoms. The van der Waals surface area contributed by atoms with E-state index in [2.05, 4.69) is 10.3 Å². The Bertz CT molecular complexity index is 730. The smallest absolute Gasteiger partial charge is 0.257 e. The van der Waals surface area contributed by atoms with Gasteiger partial charge in [-0.25, -0.2) is 4.98 Å². The predicted molar refractivity (Wildman–Crippen MR) is 94.7 cm³/mol. The monoisotopic (exact) mass is 362 g/mol. The van der Waals surface area contributed by atoms with Crippen LogP contribution in [0, 0.1) is 0 Å². The zero-order valence-electron chi connectivity index (χ0n) is 13.8. The van der Waals surface area contributed by atoms with Crippen molar-refractivity contribution in [1.82, 2.24) is 4.98 Å². The summed E-state index contributed by atoms with van der Waals surface area (Å²) in [7, 11) is 1.54. The number of aromatic nitrogens is 1. The number of amides is 1. The molecule has 0 atom stereocenters. The van der Waals surface area contributed by atoms with Gasteiger partial charge in [0.15, 0.2) is 0 Å². The normalized spacial score (nSPS) is 14.8. The molecule has 1 amide bonds. The molecule has 1 aromatic carbocycles. The van der Waals surface area contributed by atoms with Crippen molar-refractivity contribution in [2.75, 3.05) is 25.6 Å². The number of carbonyl (C=O) groups is 1. The zero-order chi connectivity index (χ0) is 17.6. The lowest BCUT2D eigenvalue weighted by Gasteiger charge is -2.22. The van der Waals surface area contributed by atoms with Gasteiger partial charge in [0.25, 0.3) is 5.91 Å². The summed E-state index contributed by atoms with van der Waals surface area (Å²) in [4.78, 5) is 16.5. The number of carbonyl (C=O) groups excluding carboxylic acids is 1. The molecule has 7 heteroatoms. The van der Waals surface area contributed by atoms with Crippen LogP contribution in [0.5, 0.6) is 11.6 Å². The van der Waals surface area contributed by atoms with Gasteiger partial charge in [-0.3, -0.25) is 4.79 Å². The molecule has 0 aliphatic carbocycles. The SMILES string of the molecule is COc1ccc(NC(=O)c2ccc(OC3CCOCC3)nc2)cc1Cl. The molecule has 3 rings (SSSR count). The van der Waals surface area contributed by atoms with E-state index in [9.17, 15) is 4.79 Å². The average molecular weight is 363 g/mol. The topological polar surface area (TPSA) is 69.7 Å². The number of methoxy groups -OCH3 is 1. The lowest BCUT2D eigenvalue weighted by molar-refractivity contribution is 0.0237. The highest BCUT2D eigenvalue weighted by atomic mass is 35.5. The first kappa shape index (κ1) is 17.5. The van der Waals surface area contributed by atoms with Crippen molar-refractivity contribution in [3.8, 4) is 11.6 Å². The van der Waals surface area contributed by atoms with Gasteiger partial charge >= 0.3 is 0 Å². The number of nitrogens with zero attached hydrogens (tertiary/aromatic N) is 1. The third-order valence-corrected chi connectivity index (χ3v) is 4.16. The predicted octanol–water partition coefficient (Wildman–Crippen LogP) is 3.55. The van der Waals surface area contributed by atoms with E-state index in [1.165, 1.54) is 13.3 Å². The van der Waals surface area contributed by atoms with E-state index in [4.69, 9.17) is 25.8 Å². The molecule has 1 fully saturated rings. The van der Waals surface area contributed by atoms with E-state index >= 15 is 0 Å². The molecule has 0 saturated carbocycles. The molecule has 1 saturated heterocycles. The van der Waals surface area contributed by atoms with Crippen molar-refractivity contribution < 1.29 is 19.0 Å². The second-order valence-corrected chi connectivity index (χ2v) is 6.03. The van der Waals surface area contributed by atoms with Crippen molar-refractivity contribution in [1.29, 1.82) is 0 Å². The Balaban J connectivity index is 1.61. The number of pyridine rings is 1. The van der Waals surface area contributed by atoms with Crippen LogP contribution in [-0.4, -0.2) is 37.3 Å². The van der Waals surface area contributed by atoms with Crippen molar-refractivity contribution in [2.45, 2.75) is 18.9 Å². The third kappa shape index (κ3) is 4.61. The molecule has 2 heterocycles. The average Bonchev–Trinajstić information content (AvgIpc) is 2.63. The highest BCUT2D eigenvalue weighted by Crippen LogP contribution is 2.27. The molecule has 1 aromatic heterocycles. The van der Waals surface area contributed by atoms with Crippen molar-refractivity contribution in [3.63, 3.8) is 0 Å². The first-order valence-corrected chi connectivity index (χ1v) is 8.39. The van der Waals surface area contributed by atoms with E-state index in [1.54, 1.807) is 30.3 Å². The fourth-order valence-corrected chi connectivity index (χ4v) is 2.75. The maximum Gasteiger partial charge on any atom is 0.257 e. The molecular formula is C18H19ClN2O4. The molecule has 1 N–H and O–H groups in total. The van der Waals surface area contributed by atoms with Gasteiger partial charge in [-0.1, -0.05) is 11.6 Å². The van der Waals surface area contributed by atoms with E-state index in [1.807, 2.05) is 0 Å². The number of anilines is 1. The van der Waals surface area contributed by atoms with E-state index < -0.39 is 0 Å². The summed E-state index contributed by atoms with van der Waals surface area (Å²) >= 11 is 6.06. The summed E-state index contributed by atoms with van der Waals surface area (Å²) < 4.78 is 16.2. The van der Waals surface area contributed by atoms with Crippen molar-refractivity contribution >= 4 is 23.2 Å². The summed E-state index contributed by atoms with van der Waals surface area (Å²) in [5.74, 6) is 0.790. The molecule has 0 bridgehead atoms. The number of nitrogens with one attached hydrogen (secondary N) is 1. The first-order chi connectivity index (χ1) is 12.2. The maximum atomic E-state index is 12.3. The van der Waals surface area contributed by atoms with Crippen LogP contribution < -0.4 is 14.8 Å². The number of hydrogen-bond donors (Lipinski definition) is 1. The minimum absolute atomic E-state index is 0.113. The number of hydrogen-bond acceptors (Lipinski definition) is 5. The molecule has 0 unspecified atom stereocenters. The molecular weight excluding hydrogens is 344 g/mol. The van der Waals surface area contributed by atoms with E-state index in [-0.39, 0.29) is 12.0 Å². The van der Waals surface area contributed by atoms with Gasteiger partial charge in [-0.2, -0.15) is 0 Å². The van der Waals surface area contributed by atoms with Crippen LogP contribution in [0.25, 0.3) is 0 Å². The first-order valence-electron chi connectivity index (χ1n) is 8.01. The minimum Gasteiger partial charge on any atom is -0.495 e. The lowest BCUT2D eigenvalue weighted by Crippen LogP contribution is -2.26. The zero-order valence-corrected chi connectivity index (χ0v) is 14.6. The summed E-state index contributed by atoms with van der Waals surface area (Å²) in [6.45, 7) is 1.41. The Hall–Kier alpha value is -2.31. The summed E-state index contributed by atoms with van der Waals surface area (Å²) in [6.07, 6.45) is 3.31. The Morgan fingerprint density at radius 1 is 1.28 bits per heavy atom. The van der Waals surface area contributed by atoms with E-state index in [0.29, 0.717) is 41.1 Å². The van der Waals surface area contributed by atoms with Gasteiger partial charge in [0.05, 0.1) is 30.9 Å². The van der Waals surface area contributed by atoms with Crippen LogP contribution >= 0.6 is 11.6 Å². The summed E-state index contributed by atoms with van der Waals surface area (Å²) in [5, 5.41) is 3.20. The van der Waals surface area contributed by atoms with Crippen molar-refractivity contribution in [3.05, 3.63) is 47.1 Å². The van der Waals surface area contributed by atoms with Gasteiger partial charge < -0.3 is 19.5 Å². The molecule has 2 aromatic rings. The Labute approximate surface area is 151 Å². The van der Waals surface area contributed by atoms with E-state index in [0.717, 1.165) is 12.8 Å². The third-order valence-electron chi connectivity index (χ3n) is 3.86. The number of benzene rings is 1. The van der Waals surface area contributed by atoms with Crippen LogP contribution in [0.15, 0.2) is 36.5 Å². The molecule has 1 aliphatic heterocycles. The summed E-state index contributed by atoms with van der Waals surface area (Å²) in [6, 6.07) is 8.43. The van der Waals surface area contributed by atoms with Crippen molar-refractivity contribution in [2.24, 2.45) is 0 Å². The fraction of sp³-hybridized carbons (Fsp3) is 0.333. The largest absolute Gasteiger partial charge is 0.495 e. The Morgan fingerprint density at radius 2 is 2.08 bits per heavy atom. The quantitative estimate of drug-likeness (QED) is 0.880. The minimum atomic E-state index is -0.272. The fourth-order valence-electron chi connectivity index (χ4n) is 2.50. The van der Waals surface area contributed by atoms with Crippen LogP contribution in [0.4, 0.5) is 5.69 Å². The number of ether oxygens (including phenoxy) is 3. The second kappa shape index (κ2) is 8.18. The highest BCUT2D eigenvalue weighted by molar-refractivity contribution is 6.32. The van der Waals surface area contributed by atoms with Gasteiger partial charge in [0, 0.05) is 30.8 Å². The molecule has 25 heavy (non-hydrogen) atoms. The second-order valence-electron chi connectivity index (χ2n) is 5.62. The molecule has 132 valence electrons. The molecule has 0 radical (unpaired) electrons. The van der Waals surface area contributed by atoms with Gasteiger partial charge in [-0.15, -0.1) is 0 Å². The Morgan fingerprint density at radius 3 is 2.72 bits per heavy atom. The van der Waals surface area contributed by atoms with Gasteiger partial charge in [0.1, 0.15) is 11.9 Å². The van der Waals surface area contributed by atoms with Crippen LogP contribution in [-0.2, 0) is 4.74 Å². The van der Waals surface area contributed by atoms with Crippen LogP contribution in [0.2, 0.25) is 5.02 Å².